The number of carbonyl (C=O) groups is 1. The number of nitro groups is 1. The molecule has 0 heterocycles. The maximum Gasteiger partial charge on any atom is 0.274 e. The average Bonchev–Trinajstić information content (AvgIpc) is 2.20. The van der Waals surface area contributed by atoms with Crippen LogP contribution in [0.4, 0.5) is 5.69 Å². The molecule has 1 aromatic carbocycles. The molecule has 0 aliphatic heterocycles. The third-order valence-electron chi connectivity index (χ3n) is 2.25. The van der Waals surface area contributed by atoms with Gasteiger partial charge in [-0.15, -0.1) is 0 Å². The molecular weight excluding hydrogens is 321 g/mol. The highest BCUT2D eigenvalue weighted by atomic mass is 127. The van der Waals surface area contributed by atoms with E-state index in [4.69, 9.17) is 0 Å². The number of halogens is 1. The van der Waals surface area contributed by atoms with Gasteiger partial charge in [0.2, 0.25) is 0 Å². The zero-order valence-electron chi connectivity index (χ0n) is 9.07. The number of nitrogens with zero attached hydrogens (tertiary/aromatic N) is 1. The minimum absolute atomic E-state index is 0.0179. The third-order valence-corrected chi connectivity index (χ3v) is 2.92. The lowest BCUT2D eigenvalue weighted by atomic mass is 10.00. The summed E-state index contributed by atoms with van der Waals surface area (Å²) < 4.78 is 0.796. The van der Waals surface area contributed by atoms with E-state index in [0.29, 0.717) is 5.56 Å². The smallest absolute Gasteiger partial charge is 0.274 e. The molecule has 1 aromatic rings. The summed E-state index contributed by atoms with van der Waals surface area (Å²) in [7, 11) is 0. The number of Topliss-reactive ketones (excluding diaryl/α,β-unsaturated/α-hetero) is 1. The molecule has 0 unspecified atom stereocenters. The molecule has 0 atom stereocenters. The number of carbonyl (C=O) groups excluding carboxylic acids is 1. The number of hydrogen-bond acceptors (Lipinski definition) is 3. The van der Waals surface area contributed by atoms with Gasteiger partial charge in [0.05, 0.1) is 4.92 Å². The summed E-state index contributed by atoms with van der Waals surface area (Å²) in [6, 6.07) is 4.92. The van der Waals surface area contributed by atoms with E-state index in [1.165, 1.54) is 6.07 Å². The summed E-state index contributed by atoms with van der Waals surface area (Å²) in [6.07, 6.45) is 0.130. The molecule has 0 saturated carbocycles. The number of hydrogen-bond donors (Lipinski definition) is 0. The van der Waals surface area contributed by atoms with E-state index < -0.39 is 4.92 Å². The molecule has 0 bridgehead atoms. The van der Waals surface area contributed by atoms with E-state index in [1.54, 1.807) is 26.0 Å². The fourth-order valence-corrected chi connectivity index (χ4v) is 1.72. The molecule has 0 radical (unpaired) electrons. The van der Waals surface area contributed by atoms with E-state index in [-0.39, 0.29) is 23.8 Å². The summed E-state index contributed by atoms with van der Waals surface area (Å²) in [5, 5.41) is 10.8. The van der Waals surface area contributed by atoms with Crippen molar-refractivity contribution in [2.75, 3.05) is 0 Å². The standard InChI is InChI=1S/C11H12INO3/c1-7(2)11(14)5-8-3-4-9(12)6-10(8)13(15)16/h3-4,6-7H,5H2,1-2H3. The van der Waals surface area contributed by atoms with E-state index in [1.807, 2.05) is 22.6 Å². The molecule has 0 saturated heterocycles. The second-order valence-corrected chi connectivity index (χ2v) is 5.07. The fraction of sp³-hybridized carbons (Fsp3) is 0.364. The van der Waals surface area contributed by atoms with Gasteiger partial charge in [0, 0.05) is 27.5 Å². The van der Waals surface area contributed by atoms with Crippen molar-refractivity contribution in [3.05, 3.63) is 37.4 Å². The fourth-order valence-electron chi connectivity index (χ4n) is 1.25. The predicted molar refractivity (Wildman–Crippen MR) is 69.4 cm³/mol. The normalized spacial score (nSPS) is 10.5. The summed E-state index contributed by atoms with van der Waals surface area (Å²) in [5.41, 5.74) is 0.519. The quantitative estimate of drug-likeness (QED) is 0.483. The van der Waals surface area contributed by atoms with E-state index in [2.05, 4.69) is 0 Å². The highest BCUT2D eigenvalue weighted by Gasteiger charge is 2.18. The Morgan fingerprint density at radius 3 is 2.62 bits per heavy atom. The molecule has 86 valence electrons. The SMILES string of the molecule is CC(C)C(=O)Cc1ccc(I)cc1[N+](=O)[O-]. The van der Waals surface area contributed by atoms with Crippen LogP contribution >= 0.6 is 22.6 Å². The zero-order valence-corrected chi connectivity index (χ0v) is 11.2. The van der Waals surface area contributed by atoms with Crippen LogP contribution in [0.3, 0.4) is 0 Å². The first-order chi connectivity index (χ1) is 7.41. The van der Waals surface area contributed by atoms with Gasteiger partial charge in [-0.2, -0.15) is 0 Å². The van der Waals surface area contributed by atoms with Gasteiger partial charge < -0.3 is 0 Å². The Hall–Kier alpha value is -0.980. The molecule has 1 rings (SSSR count). The molecule has 0 aliphatic rings. The molecule has 0 spiro atoms. The minimum Gasteiger partial charge on any atom is -0.299 e. The van der Waals surface area contributed by atoms with Crippen LogP contribution in [0, 0.1) is 19.6 Å². The van der Waals surface area contributed by atoms with Crippen molar-refractivity contribution in [2.45, 2.75) is 20.3 Å². The molecule has 0 fully saturated rings. The minimum atomic E-state index is -0.439. The molecule has 0 N–H and O–H groups in total. The second kappa shape index (κ2) is 5.38. The average molecular weight is 333 g/mol. The van der Waals surface area contributed by atoms with Gasteiger partial charge in [0.1, 0.15) is 5.78 Å². The number of rotatable bonds is 4. The molecule has 16 heavy (non-hydrogen) atoms. The number of benzene rings is 1. The van der Waals surface area contributed by atoms with E-state index >= 15 is 0 Å². The van der Waals surface area contributed by atoms with Gasteiger partial charge in [-0.3, -0.25) is 14.9 Å². The van der Waals surface area contributed by atoms with Crippen LogP contribution in [-0.2, 0) is 11.2 Å². The Morgan fingerprint density at radius 2 is 2.12 bits per heavy atom. The second-order valence-electron chi connectivity index (χ2n) is 3.83. The van der Waals surface area contributed by atoms with Gasteiger partial charge >= 0.3 is 0 Å². The number of ketones is 1. The first-order valence-electron chi connectivity index (χ1n) is 4.87. The van der Waals surface area contributed by atoms with E-state index in [0.717, 1.165) is 3.57 Å². The van der Waals surface area contributed by atoms with Crippen molar-refractivity contribution in [2.24, 2.45) is 5.92 Å². The zero-order chi connectivity index (χ0) is 12.3. The van der Waals surface area contributed by atoms with Gasteiger partial charge in [0.25, 0.3) is 5.69 Å². The largest absolute Gasteiger partial charge is 0.299 e. The topological polar surface area (TPSA) is 60.2 Å². The van der Waals surface area contributed by atoms with Crippen LogP contribution in [0.15, 0.2) is 18.2 Å². The van der Waals surface area contributed by atoms with Crippen LogP contribution < -0.4 is 0 Å². The van der Waals surface area contributed by atoms with Crippen molar-refractivity contribution >= 4 is 34.1 Å². The van der Waals surface area contributed by atoms with Crippen molar-refractivity contribution in [1.82, 2.24) is 0 Å². The van der Waals surface area contributed by atoms with Crippen LogP contribution in [0.1, 0.15) is 19.4 Å². The maximum atomic E-state index is 11.5. The monoisotopic (exact) mass is 333 g/mol. The predicted octanol–water partition coefficient (Wildman–Crippen LogP) is 2.97. The summed E-state index contributed by atoms with van der Waals surface area (Å²) in [5.74, 6) is -0.0804. The highest BCUT2D eigenvalue weighted by Crippen LogP contribution is 2.22. The van der Waals surface area contributed by atoms with Crippen LogP contribution in [0.5, 0.6) is 0 Å². The highest BCUT2D eigenvalue weighted by molar-refractivity contribution is 14.1. The summed E-state index contributed by atoms with van der Waals surface area (Å²) >= 11 is 2.01. The van der Waals surface area contributed by atoms with Crippen LogP contribution in [0.25, 0.3) is 0 Å². The lowest BCUT2D eigenvalue weighted by Gasteiger charge is -2.05. The van der Waals surface area contributed by atoms with Gasteiger partial charge in [-0.25, -0.2) is 0 Å². The first kappa shape index (κ1) is 13.1. The number of nitro benzene ring substituents is 1. The molecule has 0 amide bonds. The molecule has 0 aromatic heterocycles. The van der Waals surface area contributed by atoms with Crippen molar-refractivity contribution in [1.29, 1.82) is 0 Å². The summed E-state index contributed by atoms with van der Waals surface area (Å²) in [4.78, 5) is 21.9. The van der Waals surface area contributed by atoms with Gasteiger partial charge in [-0.1, -0.05) is 19.9 Å². The maximum absolute atomic E-state index is 11.5. The van der Waals surface area contributed by atoms with Crippen molar-refractivity contribution in [3.63, 3.8) is 0 Å². The molecule has 5 heteroatoms. The Labute approximate surface area is 107 Å². The van der Waals surface area contributed by atoms with E-state index in [9.17, 15) is 14.9 Å². The van der Waals surface area contributed by atoms with Crippen molar-refractivity contribution < 1.29 is 9.72 Å². The lowest BCUT2D eigenvalue weighted by molar-refractivity contribution is -0.385. The lowest BCUT2D eigenvalue weighted by Crippen LogP contribution is -2.11. The molecular formula is C11H12INO3. The molecule has 0 aliphatic carbocycles. The Balaban J connectivity index is 3.04. The molecule has 4 nitrogen and oxygen atoms in total. The van der Waals surface area contributed by atoms with Crippen LogP contribution in [0.2, 0.25) is 0 Å². The van der Waals surface area contributed by atoms with Gasteiger partial charge in [-0.05, 0) is 28.7 Å². The van der Waals surface area contributed by atoms with Crippen molar-refractivity contribution in [3.8, 4) is 0 Å². The van der Waals surface area contributed by atoms with Crippen LogP contribution in [-0.4, -0.2) is 10.7 Å². The first-order valence-corrected chi connectivity index (χ1v) is 5.95. The van der Waals surface area contributed by atoms with Gasteiger partial charge in [0.15, 0.2) is 0 Å². The Bertz CT molecular complexity index is 429. The third kappa shape index (κ3) is 3.26. The summed E-state index contributed by atoms with van der Waals surface area (Å²) in [6.45, 7) is 3.59. The Morgan fingerprint density at radius 1 is 1.50 bits per heavy atom. The Kier molecular flexibility index (Phi) is 4.40.